The third-order valence-corrected chi connectivity index (χ3v) is 5.43. The lowest BCUT2D eigenvalue weighted by atomic mass is 10.0. The molecule has 1 N–H and O–H groups in total. The summed E-state index contributed by atoms with van der Waals surface area (Å²) in [5.74, 6) is 0.104. The van der Waals surface area contributed by atoms with E-state index in [0.29, 0.717) is 30.5 Å². The van der Waals surface area contributed by atoms with Crippen molar-refractivity contribution in [1.82, 2.24) is 5.32 Å². The summed E-state index contributed by atoms with van der Waals surface area (Å²) in [6.45, 7) is 6.62. The quantitative estimate of drug-likeness (QED) is 0.475. The molecule has 29 heavy (non-hydrogen) atoms. The Kier molecular flexibility index (Phi) is 5.21. The van der Waals surface area contributed by atoms with Gasteiger partial charge in [0, 0.05) is 19.2 Å². The van der Waals surface area contributed by atoms with E-state index >= 15 is 0 Å². The van der Waals surface area contributed by atoms with Crippen LogP contribution in [0.5, 0.6) is 0 Å². The maximum Gasteiger partial charge on any atom is 0.270 e. The van der Waals surface area contributed by atoms with E-state index in [1.54, 1.807) is 6.07 Å². The molecular formula is C21H21N3O4S. The molecule has 7 nitrogen and oxygen atoms in total. The molecule has 1 aromatic heterocycles. The number of carbonyl (C=O) groups excluding carboxylic acids is 2. The molecule has 1 aromatic carbocycles. The Hall–Kier alpha value is -2.97. The largest absolute Gasteiger partial charge is 0.441 e. The molecule has 2 aliphatic heterocycles. The van der Waals surface area contributed by atoms with Gasteiger partial charge >= 0.3 is 0 Å². The minimum absolute atomic E-state index is 0.0256. The van der Waals surface area contributed by atoms with Gasteiger partial charge < -0.3 is 14.1 Å². The van der Waals surface area contributed by atoms with Crippen LogP contribution in [0.4, 0.5) is 11.6 Å². The van der Waals surface area contributed by atoms with Crippen molar-refractivity contribution < 1.29 is 18.7 Å². The lowest BCUT2D eigenvalue weighted by Gasteiger charge is -2.30. The third kappa shape index (κ3) is 3.68. The monoisotopic (exact) mass is 411 g/mol. The van der Waals surface area contributed by atoms with Crippen LogP contribution in [0.3, 0.4) is 0 Å². The van der Waals surface area contributed by atoms with Crippen molar-refractivity contribution in [1.29, 1.82) is 0 Å². The number of carbonyl (C=O) groups is 2. The number of morpholine rings is 1. The van der Waals surface area contributed by atoms with Crippen molar-refractivity contribution in [3.63, 3.8) is 0 Å². The van der Waals surface area contributed by atoms with Crippen LogP contribution in [0.2, 0.25) is 0 Å². The maximum absolute atomic E-state index is 13.2. The first kappa shape index (κ1) is 19.4. The van der Waals surface area contributed by atoms with Crippen molar-refractivity contribution in [3.8, 4) is 0 Å². The Bertz CT molecular complexity index is 1020. The highest BCUT2D eigenvalue weighted by Gasteiger charge is 2.35. The number of benzene rings is 1. The Morgan fingerprint density at radius 1 is 1.10 bits per heavy atom. The first-order valence-corrected chi connectivity index (χ1v) is 9.77. The summed E-state index contributed by atoms with van der Waals surface area (Å²) in [5, 5.41) is 2.67. The fourth-order valence-corrected chi connectivity index (χ4v) is 3.64. The molecule has 0 aliphatic carbocycles. The first-order valence-electron chi connectivity index (χ1n) is 9.36. The molecular weight excluding hydrogens is 390 g/mol. The van der Waals surface area contributed by atoms with Gasteiger partial charge in [-0.05, 0) is 55.4 Å². The second kappa shape index (κ2) is 7.81. The van der Waals surface area contributed by atoms with Crippen molar-refractivity contribution in [2.24, 2.45) is 0 Å². The van der Waals surface area contributed by atoms with Gasteiger partial charge in [0.05, 0.1) is 18.9 Å². The van der Waals surface area contributed by atoms with Crippen LogP contribution < -0.4 is 15.1 Å². The average molecular weight is 411 g/mol. The predicted octanol–water partition coefficient (Wildman–Crippen LogP) is 2.56. The number of anilines is 2. The molecule has 3 heterocycles. The molecule has 2 aromatic rings. The van der Waals surface area contributed by atoms with E-state index in [4.69, 9.17) is 21.4 Å². The number of ether oxygens (including phenoxy) is 1. The summed E-state index contributed by atoms with van der Waals surface area (Å²) in [5.41, 5.74) is 2.58. The van der Waals surface area contributed by atoms with Gasteiger partial charge in [0.15, 0.2) is 11.0 Å². The molecule has 0 atom stereocenters. The number of aryl methyl sites for hydroxylation is 1. The second-order valence-corrected chi connectivity index (χ2v) is 7.34. The van der Waals surface area contributed by atoms with E-state index in [-0.39, 0.29) is 10.7 Å². The Labute approximate surface area is 173 Å². The SMILES string of the molecule is Cc1cccc(N2C(=O)/C(=C/c3ccc(N4CCOCC4)o3)C(=O)NC2=S)c1C. The van der Waals surface area contributed by atoms with Crippen LogP contribution in [0.1, 0.15) is 16.9 Å². The summed E-state index contributed by atoms with van der Waals surface area (Å²) >= 11 is 5.28. The Balaban J connectivity index is 1.65. The maximum atomic E-state index is 13.2. The zero-order valence-corrected chi connectivity index (χ0v) is 17.0. The summed E-state index contributed by atoms with van der Waals surface area (Å²) < 4.78 is 11.2. The van der Waals surface area contributed by atoms with Crippen molar-refractivity contribution in [2.45, 2.75) is 13.8 Å². The Morgan fingerprint density at radius 2 is 1.86 bits per heavy atom. The van der Waals surface area contributed by atoms with Crippen LogP contribution in [-0.2, 0) is 14.3 Å². The highest BCUT2D eigenvalue weighted by molar-refractivity contribution is 7.80. The van der Waals surface area contributed by atoms with E-state index in [1.807, 2.05) is 38.1 Å². The smallest absolute Gasteiger partial charge is 0.270 e. The summed E-state index contributed by atoms with van der Waals surface area (Å²) in [4.78, 5) is 29.1. The standard InChI is InChI=1S/C21H21N3O4S/c1-13-4-3-5-17(14(13)2)24-20(26)16(19(25)22-21(24)29)12-15-6-7-18(28-15)23-8-10-27-11-9-23/h3-7,12H,8-11H2,1-2H3,(H,22,25,29)/b16-12+. The number of rotatable bonds is 3. The molecule has 0 radical (unpaired) electrons. The van der Waals surface area contributed by atoms with Gasteiger partial charge in [-0.1, -0.05) is 12.1 Å². The van der Waals surface area contributed by atoms with Gasteiger partial charge in [-0.2, -0.15) is 0 Å². The zero-order valence-electron chi connectivity index (χ0n) is 16.2. The number of hydrogen-bond donors (Lipinski definition) is 1. The van der Waals surface area contributed by atoms with Gasteiger partial charge in [-0.15, -0.1) is 0 Å². The van der Waals surface area contributed by atoms with E-state index < -0.39 is 11.8 Å². The average Bonchev–Trinajstić information content (AvgIpc) is 3.18. The van der Waals surface area contributed by atoms with Crippen LogP contribution >= 0.6 is 12.2 Å². The number of hydrogen-bond acceptors (Lipinski definition) is 6. The molecule has 2 amide bonds. The summed E-state index contributed by atoms with van der Waals surface area (Å²) in [7, 11) is 0. The van der Waals surface area contributed by atoms with Gasteiger partial charge in [0.25, 0.3) is 11.8 Å². The van der Waals surface area contributed by atoms with E-state index in [0.717, 1.165) is 24.2 Å². The van der Waals surface area contributed by atoms with Crippen LogP contribution in [0, 0.1) is 13.8 Å². The zero-order chi connectivity index (χ0) is 20.5. The van der Waals surface area contributed by atoms with Crippen LogP contribution in [0.25, 0.3) is 6.08 Å². The molecule has 8 heteroatoms. The normalized spacial score (nSPS) is 19.1. The lowest BCUT2D eigenvalue weighted by Crippen LogP contribution is -2.54. The highest BCUT2D eigenvalue weighted by atomic mass is 32.1. The highest BCUT2D eigenvalue weighted by Crippen LogP contribution is 2.28. The molecule has 0 spiro atoms. The molecule has 0 bridgehead atoms. The van der Waals surface area contributed by atoms with Crippen molar-refractivity contribution in [2.75, 3.05) is 36.1 Å². The molecule has 150 valence electrons. The molecule has 2 fully saturated rings. The molecule has 0 saturated carbocycles. The van der Waals surface area contributed by atoms with Crippen LogP contribution in [-0.4, -0.2) is 43.2 Å². The molecule has 4 rings (SSSR count). The third-order valence-electron chi connectivity index (χ3n) is 5.14. The van der Waals surface area contributed by atoms with E-state index in [2.05, 4.69) is 10.2 Å². The van der Waals surface area contributed by atoms with E-state index in [1.165, 1.54) is 11.0 Å². The summed E-state index contributed by atoms with van der Waals surface area (Å²) in [6.07, 6.45) is 1.46. The van der Waals surface area contributed by atoms with Gasteiger partial charge in [-0.3, -0.25) is 19.8 Å². The second-order valence-electron chi connectivity index (χ2n) is 6.95. The van der Waals surface area contributed by atoms with Gasteiger partial charge in [0.1, 0.15) is 11.3 Å². The first-order chi connectivity index (χ1) is 14.0. The lowest BCUT2D eigenvalue weighted by molar-refractivity contribution is -0.122. The minimum Gasteiger partial charge on any atom is -0.441 e. The number of nitrogens with zero attached hydrogens (tertiary/aromatic N) is 2. The molecule has 2 aliphatic rings. The van der Waals surface area contributed by atoms with E-state index in [9.17, 15) is 9.59 Å². The Morgan fingerprint density at radius 3 is 2.62 bits per heavy atom. The van der Waals surface area contributed by atoms with Crippen molar-refractivity contribution in [3.05, 3.63) is 52.8 Å². The fraction of sp³-hybridized carbons (Fsp3) is 0.286. The summed E-state index contributed by atoms with van der Waals surface area (Å²) in [6, 6.07) is 9.20. The molecule has 0 unspecified atom stereocenters. The number of amides is 2. The predicted molar refractivity (Wildman–Crippen MR) is 114 cm³/mol. The molecule has 2 saturated heterocycles. The van der Waals surface area contributed by atoms with Gasteiger partial charge in [-0.25, -0.2) is 0 Å². The number of nitrogens with one attached hydrogen (secondary N) is 1. The number of thiocarbonyl (C=S) groups is 1. The van der Waals surface area contributed by atoms with Crippen LogP contribution in [0.15, 0.2) is 40.3 Å². The number of furan rings is 1. The van der Waals surface area contributed by atoms with Crippen molar-refractivity contribution >= 4 is 46.8 Å². The minimum atomic E-state index is -0.536. The fourth-order valence-electron chi connectivity index (χ4n) is 3.37. The topological polar surface area (TPSA) is 75.0 Å². The van der Waals surface area contributed by atoms with Gasteiger partial charge in [0.2, 0.25) is 0 Å².